The minimum absolute atomic E-state index is 0.0338. The number of anilines is 1. The fourth-order valence-electron chi connectivity index (χ4n) is 4.21. The molecular weight excluding hydrogens is 539 g/mol. The second kappa shape index (κ2) is 10.9. The Morgan fingerprint density at radius 3 is 2.49 bits per heavy atom. The summed E-state index contributed by atoms with van der Waals surface area (Å²) in [7, 11) is 0. The van der Waals surface area contributed by atoms with Gasteiger partial charge in [-0.15, -0.1) is 0 Å². The van der Waals surface area contributed by atoms with Gasteiger partial charge in [0.1, 0.15) is 11.3 Å². The highest BCUT2D eigenvalue weighted by atomic mass is 19.4. The third kappa shape index (κ3) is 5.69. The Morgan fingerprint density at radius 1 is 1.10 bits per heavy atom. The molecule has 10 nitrogen and oxygen atoms in total. The summed E-state index contributed by atoms with van der Waals surface area (Å²) in [5.74, 6) is -0.618. The molecule has 5 rings (SSSR count). The zero-order valence-corrected chi connectivity index (χ0v) is 22.4. The first kappa shape index (κ1) is 27.6. The highest BCUT2D eigenvalue weighted by molar-refractivity contribution is 6.11. The third-order valence-corrected chi connectivity index (χ3v) is 6.43. The first-order valence-corrected chi connectivity index (χ1v) is 12.8. The van der Waals surface area contributed by atoms with E-state index >= 15 is 0 Å². The van der Waals surface area contributed by atoms with Gasteiger partial charge >= 0.3 is 6.18 Å². The van der Waals surface area contributed by atoms with Crippen molar-refractivity contribution in [2.45, 2.75) is 46.0 Å². The Balaban J connectivity index is 1.49. The van der Waals surface area contributed by atoms with Crippen molar-refractivity contribution in [3.05, 3.63) is 89.4 Å². The van der Waals surface area contributed by atoms with Gasteiger partial charge in [0.2, 0.25) is 0 Å². The molecule has 0 saturated heterocycles. The monoisotopic (exact) mass is 565 g/mol. The highest BCUT2D eigenvalue weighted by Crippen LogP contribution is 2.33. The number of amides is 2. The molecule has 5 aromatic rings. The van der Waals surface area contributed by atoms with Gasteiger partial charge in [0.25, 0.3) is 11.8 Å². The summed E-state index contributed by atoms with van der Waals surface area (Å²) in [5, 5.41) is 13.3. The van der Waals surface area contributed by atoms with Gasteiger partial charge < -0.3 is 15.1 Å². The Hall–Kier alpha value is -4.94. The molecule has 1 aromatic carbocycles. The van der Waals surface area contributed by atoms with Crippen LogP contribution in [0.25, 0.3) is 16.9 Å². The minimum Gasteiger partial charge on any atom is -0.467 e. The number of benzene rings is 1. The number of hydrogen-bond acceptors (Lipinski definition) is 6. The van der Waals surface area contributed by atoms with Gasteiger partial charge in [0, 0.05) is 18.3 Å². The van der Waals surface area contributed by atoms with Crippen molar-refractivity contribution < 1.29 is 27.2 Å². The van der Waals surface area contributed by atoms with Gasteiger partial charge in [0.15, 0.2) is 17.0 Å². The fourth-order valence-corrected chi connectivity index (χ4v) is 4.21. The second-order valence-corrected chi connectivity index (χ2v) is 9.56. The summed E-state index contributed by atoms with van der Waals surface area (Å²) in [6.45, 7) is 6.32. The molecule has 0 aliphatic carbocycles. The Bertz CT molecular complexity index is 1700. The number of furan rings is 1. The van der Waals surface area contributed by atoms with Crippen LogP contribution in [0.1, 0.15) is 64.6 Å². The van der Waals surface area contributed by atoms with Crippen LogP contribution in [0, 0.1) is 0 Å². The number of nitrogens with one attached hydrogen (secondary N) is 2. The van der Waals surface area contributed by atoms with Crippen LogP contribution in [0.5, 0.6) is 0 Å². The van der Waals surface area contributed by atoms with Crippen LogP contribution in [0.15, 0.2) is 65.5 Å². The van der Waals surface area contributed by atoms with Crippen molar-refractivity contribution in [2.75, 3.05) is 5.32 Å². The molecule has 4 aromatic heterocycles. The molecule has 0 fully saturated rings. The lowest BCUT2D eigenvalue weighted by Gasteiger charge is -2.12. The molecule has 4 heterocycles. The largest absolute Gasteiger partial charge is 0.467 e. The first-order chi connectivity index (χ1) is 19.5. The van der Waals surface area contributed by atoms with Gasteiger partial charge in [-0.2, -0.15) is 23.4 Å². The van der Waals surface area contributed by atoms with Crippen LogP contribution in [0.3, 0.4) is 0 Å². The van der Waals surface area contributed by atoms with E-state index in [2.05, 4.69) is 25.8 Å². The first-order valence-electron chi connectivity index (χ1n) is 12.8. The van der Waals surface area contributed by atoms with Crippen LogP contribution >= 0.6 is 0 Å². The van der Waals surface area contributed by atoms with E-state index in [0.717, 1.165) is 17.8 Å². The topological polar surface area (TPSA) is 119 Å². The second-order valence-electron chi connectivity index (χ2n) is 9.56. The van der Waals surface area contributed by atoms with Gasteiger partial charge in [-0.25, -0.2) is 9.50 Å². The number of alkyl halides is 3. The lowest BCUT2D eigenvalue weighted by molar-refractivity contribution is -0.142. The van der Waals surface area contributed by atoms with E-state index in [1.807, 2.05) is 26.0 Å². The van der Waals surface area contributed by atoms with E-state index in [-0.39, 0.29) is 40.7 Å². The average molecular weight is 566 g/mol. The number of fused-ring (bicyclic) bond motifs is 1. The molecule has 0 bridgehead atoms. The van der Waals surface area contributed by atoms with Gasteiger partial charge in [-0.3, -0.25) is 14.3 Å². The number of carbonyl (C=O) groups excluding carboxylic acids is 2. The molecule has 41 heavy (non-hydrogen) atoms. The highest BCUT2D eigenvalue weighted by Gasteiger charge is 2.36. The van der Waals surface area contributed by atoms with Crippen LogP contribution in [0.4, 0.5) is 18.9 Å². The van der Waals surface area contributed by atoms with Crippen LogP contribution < -0.4 is 10.6 Å². The molecule has 2 N–H and O–H groups in total. The summed E-state index contributed by atoms with van der Waals surface area (Å²) in [5.41, 5.74) is -0.0635. The van der Waals surface area contributed by atoms with Crippen molar-refractivity contribution >= 4 is 23.1 Å². The van der Waals surface area contributed by atoms with E-state index in [9.17, 15) is 22.8 Å². The van der Waals surface area contributed by atoms with Gasteiger partial charge in [-0.1, -0.05) is 38.1 Å². The molecule has 13 heteroatoms. The maximum Gasteiger partial charge on any atom is 0.433 e. The molecule has 0 unspecified atom stereocenters. The molecule has 2 amide bonds. The standard InChI is InChI=1S/C28H26F3N7O3/c1-4-37-15-22(24(36-37)27(40)32-13-19-6-5-11-41-19)35-26(39)20-14-33-38-23(28(29,30)31)12-21(34-25(20)38)18-9-7-17(8-10-18)16(2)3/h5-12,14-16H,4,13H2,1-3H3,(H,32,40)(H,35,39). The molecule has 0 atom stereocenters. The summed E-state index contributed by atoms with van der Waals surface area (Å²) >= 11 is 0. The van der Waals surface area contributed by atoms with Gasteiger partial charge in [-0.05, 0) is 36.6 Å². The average Bonchev–Trinajstić information content (AvgIpc) is 3.70. The number of rotatable bonds is 8. The number of nitrogens with zero attached hydrogens (tertiary/aromatic N) is 5. The third-order valence-electron chi connectivity index (χ3n) is 6.43. The molecule has 0 aliphatic rings. The molecule has 0 saturated carbocycles. The van der Waals surface area contributed by atoms with Crippen molar-refractivity contribution in [3.8, 4) is 11.3 Å². The summed E-state index contributed by atoms with van der Waals surface area (Å²) in [6, 6.07) is 11.3. The lowest BCUT2D eigenvalue weighted by atomic mass is 10.0. The lowest BCUT2D eigenvalue weighted by Crippen LogP contribution is -2.25. The zero-order valence-electron chi connectivity index (χ0n) is 22.4. The number of aryl methyl sites for hydroxylation is 1. The Kier molecular flexibility index (Phi) is 7.35. The normalized spacial score (nSPS) is 11.8. The quantitative estimate of drug-likeness (QED) is 0.255. The van der Waals surface area contributed by atoms with Crippen molar-refractivity contribution in [1.29, 1.82) is 0 Å². The SMILES string of the molecule is CCn1cc(NC(=O)c2cnn3c(C(F)(F)F)cc(-c4ccc(C(C)C)cc4)nc23)c(C(=O)NCc2ccco2)n1. The summed E-state index contributed by atoms with van der Waals surface area (Å²) in [4.78, 5) is 30.6. The number of aromatic nitrogens is 5. The maximum atomic E-state index is 14.0. The van der Waals surface area contributed by atoms with Crippen LogP contribution in [-0.2, 0) is 19.3 Å². The molecule has 0 aliphatic heterocycles. The van der Waals surface area contributed by atoms with E-state index in [1.165, 1.54) is 17.1 Å². The molecular formula is C28H26F3N7O3. The summed E-state index contributed by atoms with van der Waals surface area (Å²) in [6.07, 6.45) is -0.824. The van der Waals surface area contributed by atoms with Crippen LogP contribution in [-0.4, -0.2) is 36.2 Å². The van der Waals surface area contributed by atoms with Crippen molar-refractivity contribution in [2.24, 2.45) is 0 Å². The Morgan fingerprint density at radius 2 is 1.85 bits per heavy atom. The zero-order chi connectivity index (χ0) is 29.3. The number of halogens is 3. The van der Waals surface area contributed by atoms with Crippen molar-refractivity contribution in [3.63, 3.8) is 0 Å². The fraction of sp³-hybridized carbons (Fsp3) is 0.250. The van der Waals surface area contributed by atoms with E-state index in [1.54, 1.807) is 31.2 Å². The smallest absolute Gasteiger partial charge is 0.433 e. The van der Waals surface area contributed by atoms with E-state index in [4.69, 9.17) is 4.42 Å². The predicted octanol–water partition coefficient (Wildman–Crippen LogP) is 5.53. The molecule has 0 radical (unpaired) electrons. The van der Waals surface area contributed by atoms with Gasteiger partial charge in [0.05, 0.1) is 30.4 Å². The maximum absolute atomic E-state index is 14.0. The van der Waals surface area contributed by atoms with E-state index in [0.29, 0.717) is 22.4 Å². The van der Waals surface area contributed by atoms with E-state index < -0.39 is 23.7 Å². The summed E-state index contributed by atoms with van der Waals surface area (Å²) < 4.78 is 49.4. The Labute approximate surface area is 232 Å². The van der Waals surface area contributed by atoms with Crippen LogP contribution in [0.2, 0.25) is 0 Å². The predicted molar refractivity (Wildman–Crippen MR) is 143 cm³/mol. The molecule has 212 valence electrons. The molecule has 0 spiro atoms. The number of carbonyl (C=O) groups is 2. The van der Waals surface area contributed by atoms with Crippen molar-refractivity contribution in [1.82, 2.24) is 29.7 Å². The minimum atomic E-state index is -4.77. The number of hydrogen-bond donors (Lipinski definition) is 2.